The lowest BCUT2D eigenvalue weighted by Crippen LogP contribution is -2.48. The van der Waals surface area contributed by atoms with E-state index in [1.807, 2.05) is 24.3 Å². The van der Waals surface area contributed by atoms with Crippen molar-refractivity contribution in [2.75, 3.05) is 39.4 Å². The lowest BCUT2D eigenvalue weighted by Gasteiger charge is -2.36. The highest BCUT2D eigenvalue weighted by Gasteiger charge is 2.25. The van der Waals surface area contributed by atoms with E-state index in [0.29, 0.717) is 18.9 Å². The molecule has 2 aromatic carbocycles. The summed E-state index contributed by atoms with van der Waals surface area (Å²) in [6, 6.07) is 14.2. The predicted molar refractivity (Wildman–Crippen MR) is 127 cm³/mol. The van der Waals surface area contributed by atoms with Crippen molar-refractivity contribution in [2.45, 2.75) is 33.3 Å². The number of primary amides is 1. The minimum absolute atomic E-state index is 0.0427. The molecule has 0 spiro atoms. The second-order valence-corrected chi connectivity index (χ2v) is 8.05. The van der Waals surface area contributed by atoms with Gasteiger partial charge in [-0.05, 0) is 56.0 Å². The molecule has 1 amide bonds. The summed E-state index contributed by atoms with van der Waals surface area (Å²) >= 11 is 0. The number of rotatable bonds is 8. The van der Waals surface area contributed by atoms with E-state index in [4.69, 9.17) is 20.2 Å². The van der Waals surface area contributed by atoms with Gasteiger partial charge in [0.1, 0.15) is 11.9 Å². The minimum atomic E-state index is -0.484. The van der Waals surface area contributed by atoms with Crippen molar-refractivity contribution in [3.8, 4) is 5.75 Å². The zero-order chi connectivity index (χ0) is 22.9. The fraction of sp³-hybridized carbons (Fsp3) is 0.440. The third-order valence-electron chi connectivity index (χ3n) is 5.44. The maximum Gasteiger partial charge on any atom is 0.255 e. The third kappa shape index (κ3) is 6.72. The van der Waals surface area contributed by atoms with Crippen LogP contribution < -0.4 is 15.8 Å². The van der Waals surface area contributed by atoms with Gasteiger partial charge in [-0.3, -0.25) is 9.79 Å². The summed E-state index contributed by atoms with van der Waals surface area (Å²) in [7, 11) is 0. The van der Waals surface area contributed by atoms with Crippen LogP contribution in [0.2, 0.25) is 0 Å². The average molecular weight is 439 g/mol. The Bertz CT molecular complexity index is 927. The van der Waals surface area contributed by atoms with Gasteiger partial charge in [0.2, 0.25) is 0 Å². The number of benzene rings is 2. The molecule has 2 aromatic rings. The van der Waals surface area contributed by atoms with E-state index in [-0.39, 0.29) is 12.7 Å². The molecule has 7 nitrogen and oxygen atoms in total. The molecular weight excluding hydrogens is 404 g/mol. The normalized spacial score (nSPS) is 16.7. The topological polar surface area (TPSA) is 89.2 Å². The lowest BCUT2D eigenvalue weighted by molar-refractivity contribution is -0.119. The monoisotopic (exact) mass is 438 g/mol. The van der Waals surface area contributed by atoms with Crippen LogP contribution in [0.3, 0.4) is 0 Å². The number of ether oxygens (including phenoxy) is 2. The van der Waals surface area contributed by atoms with Crippen molar-refractivity contribution < 1.29 is 14.3 Å². The summed E-state index contributed by atoms with van der Waals surface area (Å²) < 4.78 is 11.4. The van der Waals surface area contributed by atoms with E-state index >= 15 is 0 Å². The van der Waals surface area contributed by atoms with Crippen LogP contribution in [0.1, 0.15) is 35.3 Å². The highest BCUT2D eigenvalue weighted by atomic mass is 16.5. The molecule has 1 unspecified atom stereocenters. The highest BCUT2D eigenvalue weighted by molar-refractivity contribution is 5.80. The van der Waals surface area contributed by atoms with Gasteiger partial charge in [0, 0.05) is 19.6 Å². The largest absolute Gasteiger partial charge is 0.484 e. The van der Waals surface area contributed by atoms with Crippen molar-refractivity contribution in [3.05, 3.63) is 64.7 Å². The fourth-order valence-electron chi connectivity index (χ4n) is 3.84. The van der Waals surface area contributed by atoms with Gasteiger partial charge in [0.15, 0.2) is 12.6 Å². The van der Waals surface area contributed by atoms with Gasteiger partial charge in [-0.2, -0.15) is 0 Å². The number of carbonyl (C=O) groups excluding carboxylic acids is 1. The first-order valence-electron chi connectivity index (χ1n) is 11.2. The number of nitrogens with two attached hydrogens (primary N) is 1. The van der Waals surface area contributed by atoms with Crippen LogP contribution in [0.4, 0.5) is 0 Å². The molecule has 0 bridgehead atoms. The van der Waals surface area contributed by atoms with Crippen LogP contribution in [-0.4, -0.2) is 56.2 Å². The van der Waals surface area contributed by atoms with Crippen LogP contribution in [-0.2, 0) is 16.0 Å². The summed E-state index contributed by atoms with van der Waals surface area (Å²) in [5.74, 6) is 1.07. The molecule has 1 aliphatic rings. The number of carbonyl (C=O) groups is 1. The maximum absolute atomic E-state index is 10.8. The van der Waals surface area contributed by atoms with E-state index in [2.05, 4.69) is 49.2 Å². The Morgan fingerprint density at radius 2 is 2.03 bits per heavy atom. The molecule has 3 rings (SSSR count). The Labute approximate surface area is 190 Å². The van der Waals surface area contributed by atoms with Crippen LogP contribution in [0.25, 0.3) is 0 Å². The molecule has 0 saturated carbocycles. The number of aryl methyl sites for hydroxylation is 2. The number of hydrogen-bond donors (Lipinski definition) is 2. The molecule has 1 atom stereocenters. The number of hydrogen-bond acceptors (Lipinski definition) is 4. The Balaban J connectivity index is 1.60. The van der Waals surface area contributed by atoms with Gasteiger partial charge in [-0.1, -0.05) is 35.9 Å². The van der Waals surface area contributed by atoms with Crippen molar-refractivity contribution in [1.82, 2.24) is 10.2 Å². The number of nitrogens with one attached hydrogen (secondary N) is 1. The van der Waals surface area contributed by atoms with Crippen molar-refractivity contribution >= 4 is 11.9 Å². The molecule has 0 radical (unpaired) electrons. The van der Waals surface area contributed by atoms with Gasteiger partial charge in [0.25, 0.3) is 5.91 Å². The summed E-state index contributed by atoms with van der Waals surface area (Å²) in [4.78, 5) is 18.0. The van der Waals surface area contributed by atoms with E-state index < -0.39 is 5.91 Å². The van der Waals surface area contributed by atoms with Crippen molar-refractivity contribution in [2.24, 2.45) is 10.7 Å². The summed E-state index contributed by atoms with van der Waals surface area (Å²) in [5.41, 5.74) is 10.0. The molecule has 7 heteroatoms. The lowest BCUT2D eigenvalue weighted by atomic mass is 10.00. The molecular formula is C25H34N4O3. The summed E-state index contributed by atoms with van der Waals surface area (Å²) in [5, 5.41) is 3.43. The van der Waals surface area contributed by atoms with Gasteiger partial charge in [-0.15, -0.1) is 0 Å². The van der Waals surface area contributed by atoms with Crippen LogP contribution in [0.15, 0.2) is 47.5 Å². The van der Waals surface area contributed by atoms with Gasteiger partial charge in [-0.25, -0.2) is 0 Å². The van der Waals surface area contributed by atoms with Crippen molar-refractivity contribution in [1.29, 1.82) is 0 Å². The zero-order valence-electron chi connectivity index (χ0n) is 19.3. The predicted octanol–water partition coefficient (Wildman–Crippen LogP) is 2.75. The summed E-state index contributed by atoms with van der Waals surface area (Å²) in [6.45, 7) is 10.00. The SMILES string of the molecule is CCNC(=NCCc1ccc(OCC(N)=O)cc1)N1CCOC(c2ccc(C)cc2C)C1. The van der Waals surface area contributed by atoms with Crippen LogP contribution in [0, 0.1) is 13.8 Å². The Hall–Kier alpha value is -3.06. The molecule has 1 saturated heterocycles. The van der Waals surface area contributed by atoms with Gasteiger partial charge >= 0.3 is 0 Å². The standard InChI is InChI=1S/C25H34N4O3/c1-4-27-25(28-12-11-20-6-8-21(9-7-20)32-17-24(26)30)29-13-14-31-23(16-29)22-10-5-18(2)15-19(22)3/h5-10,15,23H,4,11-14,16-17H2,1-3H3,(H2,26,30)(H,27,28). The number of morpholine rings is 1. The van der Waals surface area contributed by atoms with Crippen molar-refractivity contribution in [3.63, 3.8) is 0 Å². The molecule has 3 N–H and O–H groups in total. The number of guanidine groups is 1. The highest BCUT2D eigenvalue weighted by Crippen LogP contribution is 2.26. The zero-order valence-corrected chi connectivity index (χ0v) is 19.3. The Kier molecular flexibility index (Phi) is 8.50. The molecule has 1 fully saturated rings. The first-order chi connectivity index (χ1) is 15.5. The Morgan fingerprint density at radius 3 is 2.72 bits per heavy atom. The molecule has 32 heavy (non-hydrogen) atoms. The number of aliphatic imine (C=N–C) groups is 1. The quantitative estimate of drug-likeness (QED) is 0.489. The molecule has 1 aliphatic heterocycles. The third-order valence-corrected chi connectivity index (χ3v) is 5.44. The number of amides is 1. The van der Waals surface area contributed by atoms with Crippen LogP contribution >= 0.6 is 0 Å². The second-order valence-electron chi connectivity index (χ2n) is 8.05. The smallest absolute Gasteiger partial charge is 0.255 e. The molecule has 0 aromatic heterocycles. The van der Waals surface area contributed by atoms with Gasteiger partial charge in [0.05, 0.1) is 13.2 Å². The fourth-order valence-corrected chi connectivity index (χ4v) is 3.84. The molecule has 0 aliphatic carbocycles. The second kappa shape index (κ2) is 11.5. The van der Waals surface area contributed by atoms with E-state index in [1.165, 1.54) is 16.7 Å². The Morgan fingerprint density at radius 1 is 1.25 bits per heavy atom. The number of nitrogens with zero attached hydrogens (tertiary/aromatic N) is 2. The average Bonchev–Trinajstić information content (AvgIpc) is 2.78. The molecule has 1 heterocycles. The molecule has 172 valence electrons. The van der Waals surface area contributed by atoms with E-state index in [1.54, 1.807) is 0 Å². The van der Waals surface area contributed by atoms with E-state index in [0.717, 1.165) is 37.6 Å². The summed E-state index contributed by atoms with van der Waals surface area (Å²) in [6.07, 6.45) is 0.858. The maximum atomic E-state index is 10.8. The first-order valence-corrected chi connectivity index (χ1v) is 11.2. The minimum Gasteiger partial charge on any atom is -0.484 e. The van der Waals surface area contributed by atoms with Gasteiger partial charge < -0.3 is 25.4 Å². The first kappa shape index (κ1) is 23.6. The van der Waals surface area contributed by atoms with Crippen LogP contribution in [0.5, 0.6) is 5.75 Å². The van der Waals surface area contributed by atoms with E-state index in [9.17, 15) is 4.79 Å².